The van der Waals surface area contributed by atoms with Crippen molar-refractivity contribution in [3.63, 3.8) is 0 Å². The Bertz CT molecular complexity index is 551. The summed E-state index contributed by atoms with van der Waals surface area (Å²) in [5.41, 5.74) is 0. The van der Waals surface area contributed by atoms with E-state index in [4.69, 9.17) is 4.42 Å². The van der Waals surface area contributed by atoms with Crippen LogP contribution in [0.15, 0.2) is 28.8 Å². The lowest BCUT2D eigenvalue weighted by Crippen LogP contribution is -2.09. The van der Waals surface area contributed by atoms with Gasteiger partial charge in [-0.15, -0.1) is 0 Å². The zero-order valence-corrected chi connectivity index (χ0v) is 10.1. The van der Waals surface area contributed by atoms with Crippen LogP contribution >= 0.6 is 0 Å². The van der Waals surface area contributed by atoms with Crippen LogP contribution in [0.4, 0.5) is 5.82 Å². The summed E-state index contributed by atoms with van der Waals surface area (Å²) in [5, 5.41) is 3.04. The van der Waals surface area contributed by atoms with Gasteiger partial charge in [0.25, 0.3) is 0 Å². The monoisotopic (exact) mass is 247 g/mol. The zero-order chi connectivity index (χ0) is 13.0. The van der Waals surface area contributed by atoms with E-state index < -0.39 is 5.97 Å². The number of hydrogen-bond donors (Lipinski definition) is 1. The maximum atomic E-state index is 11.2. The number of rotatable bonds is 4. The highest BCUT2D eigenvalue weighted by Crippen LogP contribution is 2.09. The van der Waals surface area contributed by atoms with Crippen LogP contribution in [0.1, 0.15) is 22.1 Å². The van der Waals surface area contributed by atoms with Crippen molar-refractivity contribution >= 4 is 11.8 Å². The second-order valence-electron chi connectivity index (χ2n) is 3.62. The molecule has 0 aromatic carbocycles. The van der Waals surface area contributed by atoms with E-state index >= 15 is 0 Å². The van der Waals surface area contributed by atoms with Gasteiger partial charge in [-0.3, -0.25) is 0 Å². The van der Waals surface area contributed by atoms with E-state index in [0.29, 0.717) is 12.4 Å². The summed E-state index contributed by atoms with van der Waals surface area (Å²) in [6.07, 6.45) is 1.50. The van der Waals surface area contributed by atoms with E-state index in [2.05, 4.69) is 20.0 Å². The fourth-order valence-corrected chi connectivity index (χ4v) is 1.40. The molecule has 0 aliphatic rings. The average Bonchev–Trinajstić information content (AvgIpc) is 2.81. The number of hydrogen-bond acceptors (Lipinski definition) is 6. The molecule has 2 aromatic heterocycles. The first-order chi connectivity index (χ1) is 8.69. The molecule has 0 atom stereocenters. The van der Waals surface area contributed by atoms with Crippen molar-refractivity contribution in [2.75, 3.05) is 12.4 Å². The number of carbonyl (C=O) groups excluding carboxylic acids is 1. The van der Waals surface area contributed by atoms with Gasteiger partial charge in [0.05, 0.1) is 13.7 Å². The van der Waals surface area contributed by atoms with Crippen molar-refractivity contribution in [3.05, 3.63) is 41.7 Å². The first-order valence-corrected chi connectivity index (χ1v) is 5.39. The van der Waals surface area contributed by atoms with Crippen LogP contribution in [-0.4, -0.2) is 23.0 Å². The van der Waals surface area contributed by atoms with Crippen molar-refractivity contribution in [2.45, 2.75) is 13.5 Å². The maximum absolute atomic E-state index is 11.2. The number of ether oxygens (including phenoxy) is 1. The van der Waals surface area contributed by atoms with Crippen LogP contribution in [0.5, 0.6) is 0 Å². The summed E-state index contributed by atoms with van der Waals surface area (Å²) in [6, 6.07) is 5.43. The van der Waals surface area contributed by atoms with Crippen molar-refractivity contribution in [1.29, 1.82) is 0 Å². The summed E-state index contributed by atoms with van der Waals surface area (Å²) in [5.74, 6) is 1.65. The summed E-state index contributed by atoms with van der Waals surface area (Å²) < 4.78 is 9.95. The van der Waals surface area contributed by atoms with Gasteiger partial charge in [0.2, 0.25) is 5.82 Å². The van der Waals surface area contributed by atoms with Gasteiger partial charge in [-0.2, -0.15) is 0 Å². The predicted molar refractivity (Wildman–Crippen MR) is 64.1 cm³/mol. The Morgan fingerprint density at radius 3 is 2.94 bits per heavy atom. The topological polar surface area (TPSA) is 77.2 Å². The second kappa shape index (κ2) is 5.31. The van der Waals surface area contributed by atoms with Crippen LogP contribution in [0.25, 0.3) is 0 Å². The molecule has 2 heterocycles. The maximum Gasteiger partial charge on any atom is 0.376 e. The van der Waals surface area contributed by atoms with Gasteiger partial charge in [-0.05, 0) is 25.1 Å². The first kappa shape index (κ1) is 12.1. The van der Waals surface area contributed by atoms with Gasteiger partial charge >= 0.3 is 5.97 Å². The van der Waals surface area contributed by atoms with Gasteiger partial charge in [0, 0.05) is 6.20 Å². The molecule has 0 aliphatic heterocycles. The molecule has 0 bridgehead atoms. The largest absolute Gasteiger partial charge is 0.465 e. The molecule has 0 radical (unpaired) electrons. The number of anilines is 1. The predicted octanol–water partition coefficient (Wildman–Crippen LogP) is 1.78. The number of aryl methyl sites for hydroxylation is 1. The quantitative estimate of drug-likeness (QED) is 0.830. The van der Waals surface area contributed by atoms with Crippen molar-refractivity contribution in [1.82, 2.24) is 9.97 Å². The van der Waals surface area contributed by atoms with E-state index in [1.165, 1.54) is 13.3 Å². The molecule has 0 fully saturated rings. The van der Waals surface area contributed by atoms with E-state index in [1.807, 2.05) is 19.1 Å². The first-order valence-electron chi connectivity index (χ1n) is 5.39. The Kier molecular flexibility index (Phi) is 3.57. The molecule has 2 aromatic rings. The van der Waals surface area contributed by atoms with Gasteiger partial charge < -0.3 is 14.5 Å². The highest BCUT2D eigenvalue weighted by molar-refractivity contribution is 5.85. The summed E-state index contributed by atoms with van der Waals surface area (Å²) in [4.78, 5) is 19.1. The second-order valence-corrected chi connectivity index (χ2v) is 3.62. The van der Waals surface area contributed by atoms with Gasteiger partial charge in [-0.1, -0.05) is 0 Å². The summed E-state index contributed by atoms with van der Waals surface area (Å²) >= 11 is 0. The highest BCUT2D eigenvalue weighted by Gasteiger charge is 2.09. The smallest absolute Gasteiger partial charge is 0.376 e. The lowest BCUT2D eigenvalue weighted by atomic mass is 10.4. The van der Waals surface area contributed by atoms with Crippen LogP contribution in [0.3, 0.4) is 0 Å². The SMILES string of the molecule is COC(=O)c1nccc(NCc2ccc(C)o2)n1. The van der Waals surface area contributed by atoms with Gasteiger partial charge in [0.1, 0.15) is 17.3 Å². The molecule has 0 unspecified atom stereocenters. The third-order valence-corrected chi connectivity index (χ3v) is 2.26. The Morgan fingerprint density at radius 1 is 1.44 bits per heavy atom. The third kappa shape index (κ3) is 2.85. The lowest BCUT2D eigenvalue weighted by Gasteiger charge is -2.04. The fraction of sp³-hybridized carbons (Fsp3) is 0.250. The van der Waals surface area contributed by atoms with Crippen molar-refractivity contribution in [2.24, 2.45) is 0 Å². The van der Waals surface area contributed by atoms with E-state index in [0.717, 1.165) is 11.5 Å². The summed E-state index contributed by atoms with van der Waals surface area (Å²) in [7, 11) is 1.29. The Morgan fingerprint density at radius 2 is 2.28 bits per heavy atom. The van der Waals surface area contributed by atoms with Gasteiger partial charge in [-0.25, -0.2) is 14.8 Å². The minimum atomic E-state index is -0.563. The van der Waals surface area contributed by atoms with Crippen molar-refractivity contribution in [3.8, 4) is 0 Å². The number of aromatic nitrogens is 2. The Hall–Kier alpha value is -2.37. The number of esters is 1. The molecule has 6 nitrogen and oxygen atoms in total. The normalized spacial score (nSPS) is 10.1. The number of furan rings is 1. The third-order valence-electron chi connectivity index (χ3n) is 2.26. The van der Waals surface area contributed by atoms with Crippen LogP contribution in [-0.2, 0) is 11.3 Å². The fourth-order valence-electron chi connectivity index (χ4n) is 1.40. The number of carbonyl (C=O) groups is 1. The molecular formula is C12H13N3O3. The molecule has 6 heteroatoms. The molecule has 0 aliphatic carbocycles. The molecule has 94 valence electrons. The Balaban J connectivity index is 2.03. The van der Waals surface area contributed by atoms with E-state index in [9.17, 15) is 4.79 Å². The summed E-state index contributed by atoms with van der Waals surface area (Å²) in [6.45, 7) is 2.37. The van der Waals surface area contributed by atoms with Crippen LogP contribution < -0.4 is 5.32 Å². The average molecular weight is 247 g/mol. The zero-order valence-electron chi connectivity index (χ0n) is 10.1. The molecular weight excluding hydrogens is 234 g/mol. The van der Waals surface area contributed by atoms with Gasteiger partial charge in [0.15, 0.2) is 0 Å². The molecule has 0 amide bonds. The molecule has 18 heavy (non-hydrogen) atoms. The molecule has 0 saturated heterocycles. The molecule has 2 rings (SSSR count). The molecule has 0 spiro atoms. The highest BCUT2D eigenvalue weighted by atomic mass is 16.5. The Labute approximate surface area is 104 Å². The molecule has 0 saturated carbocycles. The minimum Gasteiger partial charge on any atom is -0.465 e. The van der Waals surface area contributed by atoms with Crippen molar-refractivity contribution < 1.29 is 13.9 Å². The number of nitrogens with zero attached hydrogens (tertiary/aromatic N) is 2. The van der Waals surface area contributed by atoms with E-state index in [-0.39, 0.29) is 5.82 Å². The minimum absolute atomic E-state index is 0.0260. The van der Waals surface area contributed by atoms with E-state index in [1.54, 1.807) is 6.07 Å². The lowest BCUT2D eigenvalue weighted by molar-refractivity contribution is 0.0587. The number of methoxy groups -OCH3 is 1. The van der Waals surface area contributed by atoms with Crippen LogP contribution in [0, 0.1) is 6.92 Å². The standard InChI is InChI=1S/C12H13N3O3/c1-8-3-4-9(18-8)7-14-10-5-6-13-11(15-10)12(16)17-2/h3-6H,7H2,1-2H3,(H,13,14,15). The van der Waals surface area contributed by atoms with Crippen LogP contribution in [0.2, 0.25) is 0 Å². The number of nitrogens with one attached hydrogen (secondary N) is 1. The molecule has 1 N–H and O–H groups in total.